The highest BCUT2D eigenvalue weighted by atomic mass is 19.4. The van der Waals surface area contributed by atoms with E-state index in [2.05, 4.69) is 4.98 Å². The second-order valence-electron chi connectivity index (χ2n) is 6.27. The average molecular weight is 377 g/mol. The van der Waals surface area contributed by atoms with Crippen LogP contribution in [0.25, 0.3) is 11.3 Å². The number of halogens is 6. The number of alkyl halides is 5. The van der Waals surface area contributed by atoms with Crippen molar-refractivity contribution in [3.05, 3.63) is 47.4 Å². The highest BCUT2D eigenvalue weighted by Gasteiger charge is 2.85. The van der Waals surface area contributed by atoms with Crippen molar-refractivity contribution in [2.45, 2.75) is 36.8 Å². The van der Waals surface area contributed by atoms with Gasteiger partial charge in [-0.2, -0.15) is 13.2 Å². The standard InChI is InChI=1S/C17H13F6NO2/c18-11-4-1-9(2-5-11)14-10(3-6-13(25)26)7-12(24-14)15(17(21,22)23)8-16(15,19)20/h1-2,4-5,7,24H,3,6,8H2,(H,25,26). The van der Waals surface area contributed by atoms with Crippen molar-refractivity contribution in [3.63, 3.8) is 0 Å². The molecule has 2 aromatic rings. The molecule has 2 N–H and O–H groups in total. The summed E-state index contributed by atoms with van der Waals surface area (Å²) in [5.74, 6) is -5.70. The lowest BCUT2D eigenvalue weighted by molar-refractivity contribution is -0.183. The van der Waals surface area contributed by atoms with Crippen LogP contribution in [0.4, 0.5) is 26.3 Å². The van der Waals surface area contributed by atoms with Crippen molar-refractivity contribution < 1.29 is 36.2 Å². The molecule has 0 aliphatic heterocycles. The summed E-state index contributed by atoms with van der Waals surface area (Å²) < 4.78 is 80.4. The molecule has 0 spiro atoms. The zero-order valence-corrected chi connectivity index (χ0v) is 13.1. The molecule has 0 radical (unpaired) electrons. The molecular weight excluding hydrogens is 364 g/mol. The van der Waals surface area contributed by atoms with Gasteiger partial charge in [-0.15, -0.1) is 0 Å². The molecule has 3 rings (SSSR count). The number of rotatable bonds is 5. The summed E-state index contributed by atoms with van der Waals surface area (Å²) in [6.45, 7) is 0. The summed E-state index contributed by atoms with van der Waals surface area (Å²) in [6.07, 6.45) is -7.09. The first-order chi connectivity index (χ1) is 12.0. The first kappa shape index (κ1) is 18.3. The van der Waals surface area contributed by atoms with Crippen molar-refractivity contribution >= 4 is 5.97 Å². The molecular formula is C17H13F6NO2. The molecule has 140 valence electrons. The van der Waals surface area contributed by atoms with E-state index in [-0.39, 0.29) is 29.7 Å². The number of aromatic nitrogens is 1. The monoisotopic (exact) mass is 377 g/mol. The fourth-order valence-corrected chi connectivity index (χ4v) is 3.08. The zero-order valence-electron chi connectivity index (χ0n) is 13.1. The minimum atomic E-state index is -5.18. The largest absolute Gasteiger partial charge is 0.481 e. The van der Waals surface area contributed by atoms with Crippen LogP contribution in [-0.2, 0) is 16.6 Å². The third-order valence-corrected chi connectivity index (χ3v) is 4.57. The molecule has 1 aromatic carbocycles. The molecule has 0 amide bonds. The molecule has 1 atom stereocenters. The SMILES string of the molecule is O=C(O)CCc1cc(C2(C(F)(F)F)CC2(F)F)[nH]c1-c1ccc(F)cc1. The van der Waals surface area contributed by atoms with E-state index in [4.69, 9.17) is 5.11 Å². The second kappa shape index (κ2) is 5.78. The van der Waals surface area contributed by atoms with E-state index in [1.807, 2.05) is 0 Å². The van der Waals surface area contributed by atoms with Gasteiger partial charge in [0.05, 0.1) is 0 Å². The van der Waals surface area contributed by atoms with Crippen LogP contribution < -0.4 is 0 Å². The number of hydrogen-bond donors (Lipinski definition) is 2. The van der Waals surface area contributed by atoms with E-state index in [1.165, 1.54) is 12.1 Å². The van der Waals surface area contributed by atoms with Gasteiger partial charge in [-0.1, -0.05) is 0 Å². The number of H-pyrrole nitrogens is 1. The van der Waals surface area contributed by atoms with E-state index in [0.29, 0.717) is 0 Å². The van der Waals surface area contributed by atoms with E-state index >= 15 is 0 Å². The van der Waals surface area contributed by atoms with Gasteiger partial charge >= 0.3 is 12.1 Å². The van der Waals surface area contributed by atoms with Crippen LogP contribution >= 0.6 is 0 Å². The predicted octanol–water partition coefficient (Wildman–Crippen LogP) is 4.68. The van der Waals surface area contributed by atoms with Gasteiger partial charge in [0.15, 0.2) is 5.41 Å². The maximum atomic E-state index is 13.7. The third kappa shape index (κ3) is 2.85. The lowest BCUT2D eigenvalue weighted by atomic mass is 9.99. The molecule has 1 aromatic heterocycles. The summed E-state index contributed by atoms with van der Waals surface area (Å²) in [7, 11) is 0. The smallest absolute Gasteiger partial charge is 0.405 e. The van der Waals surface area contributed by atoms with Crippen LogP contribution in [0.2, 0.25) is 0 Å². The summed E-state index contributed by atoms with van der Waals surface area (Å²) in [5.41, 5.74) is -3.52. The number of carboxylic acid groups (broad SMARTS) is 1. The van der Waals surface area contributed by atoms with Crippen molar-refractivity contribution in [2.24, 2.45) is 0 Å². The van der Waals surface area contributed by atoms with Gasteiger partial charge in [0, 0.05) is 24.2 Å². The van der Waals surface area contributed by atoms with Crippen LogP contribution in [0.5, 0.6) is 0 Å². The van der Waals surface area contributed by atoms with E-state index in [0.717, 1.165) is 18.2 Å². The quantitative estimate of drug-likeness (QED) is 0.744. The van der Waals surface area contributed by atoms with Gasteiger partial charge in [0.2, 0.25) is 0 Å². The highest BCUT2D eigenvalue weighted by molar-refractivity contribution is 5.70. The minimum absolute atomic E-state index is 0.0765. The van der Waals surface area contributed by atoms with Crippen molar-refractivity contribution in [3.8, 4) is 11.3 Å². The van der Waals surface area contributed by atoms with Gasteiger partial charge < -0.3 is 10.1 Å². The normalized spacial score (nSPS) is 21.6. The fraction of sp³-hybridized carbons (Fsp3) is 0.353. The van der Waals surface area contributed by atoms with Gasteiger partial charge in [-0.25, -0.2) is 13.2 Å². The Morgan fingerprint density at radius 3 is 2.23 bits per heavy atom. The first-order valence-corrected chi connectivity index (χ1v) is 7.62. The molecule has 3 nitrogen and oxygen atoms in total. The summed E-state index contributed by atoms with van der Waals surface area (Å²) in [4.78, 5) is 13.2. The average Bonchev–Trinajstić information content (AvgIpc) is 2.92. The third-order valence-electron chi connectivity index (χ3n) is 4.57. The molecule has 9 heteroatoms. The summed E-state index contributed by atoms with van der Waals surface area (Å²) in [5, 5.41) is 8.80. The molecule has 26 heavy (non-hydrogen) atoms. The number of nitrogens with one attached hydrogen (secondary N) is 1. The topological polar surface area (TPSA) is 53.1 Å². The van der Waals surface area contributed by atoms with Gasteiger partial charge in [0.1, 0.15) is 5.82 Å². The minimum Gasteiger partial charge on any atom is -0.481 e. The Labute approximate surface area is 143 Å². The Bertz CT molecular complexity index is 840. The number of aliphatic carboxylic acids is 1. The number of carbonyl (C=O) groups is 1. The zero-order chi connectivity index (χ0) is 19.3. The van der Waals surface area contributed by atoms with Crippen LogP contribution in [0, 0.1) is 5.82 Å². The highest BCUT2D eigenvalue weighted by Crippen LogP contribution is 2.68. The molecule has 1 unspecified atom stereocenters. The van der Waals surface area contributed by atoms with E-state index in [9.17, 15) is 31.1 Å². The van der Waals surface area contributed by atoms with Gasteiger partial charge in [-0.3, -0.25) is 4.79 Å². The molecule has 1 saturated carbocycles. The van der Waals surface area contributed by atoms with Gasteiger partial charge in [-0.05, 0) is 47.9 Å². The van der Waals surface area contributed by atoms with Crippen LogP contribution in [-0.4, -0.2) is 28.2 Å². The van der Waals surface area contributed by atoms with Crippen molar-refractivity contribution in [2.75, 3.05) is 0 Å². The molecule has 1 fully saturated rings. The Morgan fingerprint density at radius 1 is 1.19 bits per heavy atom. The lowest BCUT2D eigenvalue weighted by Gasteiger charge is -2.18. The van der Waals surface area contributed by atoms with Crippen molar-refractivity contribution in [1.29, 1.82) is 0 Å². The fourth-order valence-electron chi connectivity index (χ4n) is 3.08. The molecule has 1 aliphatic rings. The maximum Gasteiger partial charge on any atom is 0.405 e. The Balaban J connectivity index is 2.10. The lowest BCUT2D eigenvalue weighted by Crippen LogP contribution is -2.35. The number of benzene rings is 1. The molecule has 1 heterocycles. The molecule has 0 bridgehead atoms. The first-order valence-electron chi connectivity index (χ1n) is 7.62. The number of aromatic amines is 1. The molecule has 0 saturated heterocycles. The Morgan fingerprint density at radius 2 is 1.77 bits per heavy atom. The van der Waals surface area contributed by atoms with Crippen molar-refractivity contribution in [1.82, 2.24) is 4.98 Å². The number of aryl methyl sites for hydroxylation is 1. The van der Waals surface area contributed by atoms with Gasteiger partial charge in [0.25, 0.3) is 5.92 Å². The summed E-state index contributed by atoms with van der Waals surface area (Å²) in [6, 6.07) is 5.64. The van der Waals surface area contributed by atoms with Crippen LogP contribution in [0.3, 0.4) is 0 Å². The van der Waals surface area contributed by atoms with E-state index in [1.54, 1.807) is 0 Å². The Kier molecular flexibility index (Phi) is 4.08. The van der Waals surface area contributed by atoms with E-state index < -0.39 is 41.4 Å². The predicted molar refractivity (Wildman–Crippen MR) is 79.4 cm³/mol. The second-order valence-corrected chi connectivity index (χ2v) is 6.27. The number of hydrogen-bond acceptors (Lipinski definition) is 1. The maximum absolute atomic E-state index is 13.7. The molecule has 1 aliphatic carbocycles. The van der Waals surface area contributed by atoms with Crippen LogP contribution in [0.1, 0.15) is 24.1 Å². The Hall–Kier alpha value is -2.45. The summed E-state index contributed by atoms with van der Waals surface area (Å²) >= 11 is 0. The number of carboxylic acids is 1. The van der Waals surface area contributed by atoms with Crippen LogP contribution in [0.15, 0.2) is 30.3 Å².